The van der Waals surface area contributed by atoms with Crippen molar-refractivity contribution < 1.29 is 13.2 Å². The van der Waals surface area contributed by atoms with Gasteiger partial charge in [0.2, 0.25) is 14.8 Å². The van der Waals surface area contributed by atoms with E-state index in [2.05, 4.69) is 14.8 Å². The van der Waals surface area contributed by atoms with Gasteiger partial charge in [-0.25, -0.2) is 17.8 Å². The number of carbonyl (C=O) groups is 1. The van der Waals surface area contributed by atoms with Gasteiger partial charge in [0.25, 0.3) is 5.91 Å². The smallest absolute Gasteiger partial charge is 0.251 e. The number of benzene rings is 2. The molecule has 0 aliphatic heterocycles. The monoisotopic (exact) mass is 498 g/mol. The third kappa shape index (κ3) is 5.89. The fourth-order valence-electron chi connectivity index (χ4n) is 3.56. The molecule has 7 nitrogen and oxygen atoms in total. The average molecular weight is 499 g/mol. The lowest BCUT2D eigenvalue weighted by Gasteiger charge is -2.21. The first-order chi connectivity index (χ1) is 16.1. The molecule has 4 rings (SSSR count). The molecule has 1 aliphatic carbocycles. The maximum atomic E-state index is 13.0. The normalized spacial score (nSPS) is 15.0. The zero-order valence-electron chi connectivity index (χ0n) is 19.9. The van der Waals surface area contributed by atoms with Crippen molar-refractivity contribution in [3.05, 3.63) is 63.9 Å². The highest BCUT2D eigenvalue weighted by Gasteiger charge is 2.29. The lowest BCUT2D eigenvalue weighted by atomic mass is 10.0. The molecule has 0 unspecified atom stereocenters. The van der Waals surface area contributed by atoms with E-state index in [0.717, 1.165) is 35.4 Å². The molecule has 1 N–H and O–H groups in total. The second-order valence-corrected chi connectivity index (χ2v) is 12.3. The van der Waals surface area contributed by atoms with Crippen molar-refractivity contribution in [2.24, 2.45) is 10.9 Å². The van der Waals surface area contributed by atoms with Crippen LogP contribution in [0.2, 0.25) is 0 Å². The van der Waals surface area contributed by atoms with E-state index < -0.39 is 15.6 Å². The molecule has 34 heavy (non-hydrogen) atoms. The first-order valence-electron chi connectivity index (χ1n) is 11.4. The number of nitrogens with one attached hydrogen (secondary N) is 1. The molecule has 1 heterocycles. The summed E-state index contributed by atoms with van der Waals surface area (Å²) in [6.07, 6.45) is 2.63. The molecular weight excluding hydrogens is 468 g/mol. The maximum absolute atomic E-state index is 13.0. The topological polar surface area (TPSA) is 93.4 Å². The summed E-state index contributed by atoms with van der Waals surface area (Å²) >= 11 is 1.45. The number of rotatable bonds is 7. The van der Waals surface area contributed by atoms with Crippen LogP contribution in [-0.2, 0) is 27.8 Å². The summed E-state index contributed by atoms with van der Waals surface area (Å²) in [5.41, 5.74) is 1.86. The van der Waals surface area contributed by atoms with E-state index in [0.29, 0.717) is 16.9 Å². The summed E-state index contributed by atoms with van der Waals surface area (Å²) in [4.78, 5) is 17.4. The van der Waals surface area contributed by atoms with Gasteiger partial charge in [0.1, 0.15) is 5.01 Å². The molecule has 2 aromatic carbocycles. The summed E-state index contributed by atoms with van der Waals surface area (Å²) in [5.74, 6) is 0.0149. The van der Waals surface area contributed by atoms with E-state index in [-0.39, 0.29) is 16.7 Å². The first kappa shape index (κ1) is 24.5. The first-order valence-corrected chi connectivity index (χ1v) is 13.7. The van der Waals surface area contributed by atoms with Crippen LogP contribution in [0.25, 0.3) is 11.1 Å². The van der Waals surface area contributed by atoms with Gasteiger partial charge in [-0.05, 0) is 57.2 Å². The molecule has 1 aliphatic rings. The van der Waals surface area contributed by atoms with Crippen molar-refractivity contribution in [2.45, 2.75) is 63.9 Å². The number of aryl methyl sites for hydroxylation is 1. The minimum absolute atomic E-state index is 0.0583. The Kier molecular flexibility index (Phi) is 6.89. The van der Waals surface area contributed by atoms with E-state index in [1.165, 1.54) is 11.3 Å². The Morgan fingerprint density at radius 1 is 1.15 bits per heavy atom. The van der Waals surface area contributed by atoms with Crippen LogP contribution in [-0.4, -0.2) is 29.6 Å². The van der Waals surface area contributed by atoms with Gasteiger partial charge in [0.15, 0.2) is 0 Å². The highest BCUT2D eigenvalue weighted by molar-refractivity contribution is 7.89. The minimum atomic E-state index is -3.68. The number of amides is 1. The Bertz CT molecular complexity index is 1360. The maximum Gasteiger partial charge on any atom is 0.251 e. The van der Waals surface area contributed by atoms with Crippen LogP contribution in [0.15, 0.2) is 58.4 Å². The van der Waals surface area contributed by atoms with Crippen molar-refractivity contribution in [3.8, 4) is 11.1 Å². The molecule has 0 bridgehead atoms. The number of hydrogen-bond donors (Lipinski definition) is 1. The number of nitrogens with zero attached hydrogens (tertiary/aromatic N) is 3. The zero-order chi connectivity index (χ0) is 24.5. The summed E-state index contributed by atoms with van der Waals surface area (Å²) in [6, 6.07) is 14.8. The van der Waals surface area contributed by atoms with E-state index >= 15 is 0 Å². The highest BCUT2D eigenvalue weighted by atomic mass is 32.2. The third-order valence-corrected chi connectivity index (χ3v) is 8.22. The van der Waals surface area contributed by atoms with Crippen LogP contribution in [0, 0.1) is 5.92 Å². The fraction of sp³-hybridized carbons (Fsp3) is 0.400. The Balaban J connectivity index is 1.62. The van der Waals surface area contributed by atoms with Crippen molar-refractivity contribution in [1.82, 2.24) is 14.5 Å². The molecule has 1 amide bonds. The molecule has 0 saturated heterocycles. The van der Waals surface area contributed by atoms with E-state index in [9.17, 15) is 13.2 Å². The largest absolute Gasteiger partial charge is 0.272 e. The molecule has 0 atom stereocenters. The van der Waals surface area contributed by atoms with Crippen molar-refractivity contribution in [2.75, 3.05) is 0 Å². The van der Waals surface area contributed by atoms with Crippen molar-refractivity contribution in [1.29, 1.82) is 0 Å². The van der Waals surface area contributed by atoms with Crippen LogP contribution in [0.1, 0.15) is 51.1 Å². The van der Waals surface area contributed by atoms with E-state index in [1.54, 1.807) is 16.8 Å². The second-order valence-electron chi connectivity index (χ2n) is 9.56. The average Bonchev–Trinajstić information content (AvgIpc) is 3.56. The molecule has 3 aromatic rings. The van der Waals surface area contributed by atoms with Gasteiger partial charge in [-0.2, -0.15) is 10.1 Å². The number of aromatic nitrogens is 2. The van der Waals surface area contributed by atoms with Crippen LogP contribution in [0.3, 0.4) is 0 Å². The lowest BCUT2D eigenvalue weighted by molar-refractivity contribution is -0.119. The molecule has 1 fully saturated rings. The van der Waals surface area contributed by atoms with E-state index in [1.807, 2.05) is 64.1 Å². The molecule has 0 spiro atoms. The standard InChI is InChI=1S/C25H30N4O3S2/c1-5-22-27-29(24(33-22)26-23(30)19-14-15-19)16-17-10-12-18(13-11-17)20-8-6-7-9-21(20)34(31,32)28-25(2,3)4/h6-13,19,28H,5,14-16H2,1-4H3. The SMILES string of the molecule is CCc1nn(Cc2ccc(-c3ccccc3S(=O)(=O)NC(C)(C)C)cc2)c(=NC(=O)C2CC2)s1. The second kappa shape index (κ2) is 9.56. The van der Waals surface area contributed by atoms with Gasteiger partial charge < -0.3 is 0 Å². The highest BCUT2D eigenvalue weighted by Crippen LogP contribution is 2.30. The van der Waals surface area contributed by atoms with Crippen LogP contribution in [0.5, 0.6) is 0 Å². The predicted octanol–water partition coefficient (Wildman–Crippen LogP) is 4.14. The Morgan fingerprint density at radius 3 is 2.44 bits per heavy atom. The predicted molar refractivity (Wildman–Crippen MR) is 134 cm³/mol. The number of hydrogen-bond acceptors (Lipinski definition) is 5. The molecular formula is C25H30N4O3S2. The summed E-state index contributed by atoms with van der Waals surface area (Å²) in [7, 11) is -3.68. The molecule has 1 aromatic heterocycles. The van der Waals surface area contributed by atoms with Gasteiger partial charge in [-0.3, -0.25) is 4.79 Å². The summed E-state index contributed by atoms with van der Waals surface area (Å²) in [5, 5.41) is 5.55. The fourth-order valence-corrected chi connectivity index (χ4v) is 6.05. The van der Waals surface area contributed by atoms with Gasteiger partial charge in [0, 0.05) is 17.0 Å². The number of carbonyl (C=O) groups excluding carboxylic acids is 1. The van der Waals surface area contributed by atoms with E-state index in [4.69, 9.17) is 0 Å². The van der Waals surface area contributed by atoms with Crippen LogP contribution < -0.4 is 9.52 Å². The van der Waals surface area contributed by atoms with Gasteiger partial charge in [0.05, 0.1) is 11.4 Å². The quantitative estimate of drug-likeness (QED) is 0.530. The van der Waals surface area contributed by atoms with Crippen LogP contribution >= 0.6 is 11.3 Å². The van der Waals surface area contributed by atoms with Gasteiger partial charge in [-0.15, -0.1) is 0 Å². The Morgan fingerprint density at radius 2 is 1.82 bits per heavy atom. The summed E-state index contributed by atoms with van der Waals surface area (Å²) in [6.45, 7) is 7.98. The summed E-state index contributed by atoms with van der Waals surface area (Å²) < 4.78 is 30.5. The van der Waals surface area contributed by atoms with Crippen LogP contribution in [0.4, 0.5) is 0 Å². The van der Waals surface area contributed by atoms with Gasteiger partial charge >= 0.3 is 0 Å². The third-order valence-electron chi connectivity index (χ3n) is 5.31. The van der Waals surface area contributed by atoms with Gasteiger partial charge in [-0.1, -0.05) is 60.7 Å². The zero-order valence-corrected chi connectivity index (χ0v) is 21.5. The molecule has 180 valence electrons. The molecule has 1 saturated carbocycles. The Labute approximate surface area is 204 Å². The minimum Gasteiger partial charge on any atom is -0.272 e. The van der Waals surface area contributed by atoms with Crippen molar-refractivity contribution >= 4 is 27.3 Å². The Hall–Kier alpha value is -2.62. The molecule has 0 radical (unpaired) electrons. The molecule has 9 heteroatoms. The lowest BCUT2D eigenvalue weighted by Crippen LogP contribution is -2.40. The number of sulfonamides is 1. The van der Waals surface area contributed by atoms with Crippen molar-refractivity contribution in [3.63, 3.8) is 0 Å².